The van der Waals surface area contributed by atoms with Gasteiger partial charge in [0.25, 0.3) is 0 Å². The fraction of sp³-hybridized carbons (Fsp3) is 0.263. The lowest BCUT2D eigenvalue weighted by atomic mass is 10.3. The van der Waals surface area contributed by atoms with Crippen LogP contribution in [0.15, 0.2) is 70.9 Å². The van der Waals surface area contributed by atoms with Crippen LogP contribution in [0.4, 0.5) is 9.59 Å². The molecule has 0 radical (unpaired) electrons. The zero-order chi connectivity index (χ0) is 18.6. The van der Waals surface area contributed by atoms with Crippen LogP contribution < -0.4 is 10.4 Å². The molecular formula is C19H22N2O4Si. The van der Waals surface area contributed by atoms with Crippen LogP contribution in [0.5, 0.6) is 0 Å². The monoisotopic (exact) mass is 370 g/mol. The van der Waals surface area contributed by atoms with Gasteiger partial charge in [-0.1, -0.05) is 90.7 Å². The number of hydrogen-bond acceptors (Lipinski definition) is 4. The van der Waals surface area contributed by atoms with E-state index >= 15 is 0 Å². The van der Waals surface area contributed by atoms with E-state index in [0.29, 0.717) is 0 Å². The van der Waals surface area contributed by atoms with Crippen molar-refractivity contribution in [2.24, 2.45) is 10.2 Å². The minimum atomic E-state index is -2.26. The van der Waals surface area contributed by atoms with Crippen LogP contribution in [-0.4, -0.2) is 27.8 Å². The summed E-state index contributed by atoms with van der Waals surface area (Å²) < 4.78 is 10.4. The third-order valence-electron chi connectivity index (χ3n) is 3.61. The maximum absolute atomic E-state index is 12.0. The number of rotatable bonds is 7. The van der Waals surface area contributed by atoms with E-state index in [1.807, 2.05) is 60.7 Å². The van der Waals surface area contributed by atoms with Crippen LogP contribution in [-0.2, 0) is 9.16 Å². The van der Waals surface area contributed by atoms with Crippen molar-refractivity contribution in [3.05, 3.63) is 60.7 Å². The molecule has 0 aromatic heterocycles. The summed E-state index contributed by atoms with van der Waals surface area (Å²) in [4.78, 5) is 23.5. The summed E-state index contributed by atoms with van der Waals surface area (Å²) in [5.41, 5.74) is 0. The van der Waals surface area contributed by atoms with E-state index in [1.54, 1.807) is 0 Å². The van der Waals surface area contributed by atoms with E-state index in [2.05, 4.69) is 17.2 Å². The zero-order valence-electron chi connectivity index (χ0n) is 14.7. The van der Waals surface area contributed by atoms with Crippen molar-refractivity contribution in [2.75, 3.05) is 6.61 Å². The predicted octanol–water partition coefficient (Wildman–Crippen LogP) is 3.44. The fourth-order valence-corrected chi connectivity index (χ4v) is 4.38. The van der Waals surface area contributed by atoms with Crippen LogP contribution >= 0.6 is 0 Å². The molecule has 0 atom stereocenters. The molecule has 2 aromatic rings. The Morgan fingerprint density at radius 1 is 0.846 bits per heavy atom. The van der Waals surface area contributed by atoms with Gasteiger partial charge in [-0.3, -0.25) is 0 Å². The summed E-state index contributed by atoms with van der Waals surface area (Å²) in [6.45, 7) is 2.32. The molecule has 0 bridgehead atoms. The highest BCUT2D eigenvalue weighted by Gasteiger charge is 2.22. The predicted molar refractivity (Wildman–Crippen MR) is 102 cm³/mol. The number of benzene rings is 2. The Kier molecular flexibility index (Phi) is 8.21. The molecule has 2 amide bonds. The molecule has 2 aromatic carbocycles. The van der Waals surface area contributed by atoms with Gasteiger partial charge in [-0.15, -0.1) is 0 Å². The smallest absolute Gasteiger partial charge is 0.452 e. The van der Waals surface area contributed by atoms with Gasteiger partial charge >= 0.3 is 21.2 Å². The third-order valence-corrected chi connectivity index (χ3v) is 6.03. The number of carbonyl (C=O) groups is 2. The lowest BCUT2D eigenvalue weighted by molar-refractivity contribution is 0.152. The van der Waals surface area contributed by atoms with Crippen LogP contribution in [0, 0.1) is 0 Å². The lowest BCUT2D eigenvalue weighted by Crippen LogP contribution is -2.45. The Morgan fingerprint density at radius 3 is 1.92 bits per heavy atom. The van der Waals surface area contributed by atoms with Crippen molar-refractivity contribution in [1.29, 1.82) is 0 Å². The van der Waals surface area contributed by atoms with Crippen molar-refractivity contribution in [1.82, 2.24) is 0 Å². The third kappa shape index (κ3) is 6.60. The minimum Gasteiger partial charge on any atom is -0.495 e. The molecule has 0 aliphatic rings. The Bertz CT molecular complexity index is 683. The molecule has 0 heterocycles. The number of nitrogens with zero attached hydrogens (tertiary/aromatic N) is 2. The number of amides is 2. The molecule has 7 heteroatoms. The molecule has 26 heavy (non-hydrogen) atoms. The van der Waals surface area contributed by atoms with Gasteiger partial charge in [-0.05, 0) is 16.8 Å². The van der Waals surface area contributed by atoms with Crippen molar-refractivity contribution in [3.8, 4) is 0 Å². The first-order valence-corrected chi connectivity index (χ1v) is 10.2. The number of ether oxygens (including phenoxy) is 1. The molecule has 0 aliphatic carbocycles. The Balaban J connectivity index is 1.99. The van der Waals surface area contributed by atoms with Crippen molar-refractivity contribution < 1.29 is 18.8 Å². The highest BCUT2D eigenvalue weighted by atomic mass is 28.3. The zero-order valence-corrected chi connectivity index (χ0v) is 15.9. The van der Waals surface area contributed by atoms with E-state index in [0.717, 1.165) is 29.6 Å². The lowest BCUT2D eigenvalue weighted by Gasteiger charge is -2.15. The Labute approximate surface area is 154 Å². The molecule has 0 saturated carbocycles. The Hall–Kier alpha value is -2.80. The summed E-state index contributed by atoms with van der Waals surface area (Å²) in [6.07, 6.45) is 0.985. The van der Waals surface area contributed by atoms with Gasteiger partial charge in [-0.2, -0.15) is 0 Å². The topological polar surface area (TPSA) is 77.3 Å². The van der Waals surface area contributed by atoms with E-state index in [-0.39, 0.29) is 6.61 Å². The van der Waals surface area contributed by atoms with Crippen LogP contribution in [0.1, 0.15) is 26.2 Å². The number of hydrogen-bond donors (Lipinski definition) is 0. The van der Waals surface area contributed by atoms with Gasteiger partial charge in [-0.25, -0.2) is 9.59 Å². The van der Waals surface area contributed by atoms with Gasteiger partial charge in [0.05, 0.1) is 6.61 Å². The van der Waals surface area contributed by atoms with Crippen LogP contribution in [0.3, 0.4) is 0 Å². The summed E-state index contributed by atoms with van der Waals surface area (Å²) in [5, 5.41) is 8.48. The average Bonchev–Trinajstić information content (AvgIpc) is 2.69. The first-order valence-electron chi connectivity index (χ1n) is 8.59. The fourth-order valence-electron chi connectivity index (χ4n) is 2.33. The van der Waals surface area contributed by atoms with E-state index < -0.39 is 21.2 Å². The first-order chi connectivity index (χ1) is 12.7. The average molecular weight is 370 g/mol. The number of carbonyl (C=O) groups excluding carboxylic acids is 2. The molecule has 136 valence electrons. The van der Waals surface area contributed by atoms with Gasteiger partial charge in [0.1, 0.15) is 0 Å². The Morgan fingerprint density at radius 2 is 1.38 bits per heavy atom. The molecular weight excluding hydrogens is 348 g/mol. The molecule has 0 aliphatic heterocycles. The van der Waals surface area contributed by atoms with Crippen molar-refractivity contribution >= 4 is 31.6 Å². The van der Waals surface area contributed by atoms with E-state index in [9.17, 15) is 9.59 Å². The largest absolute Gasteiger partial charge is 0.495 e. The highest BCUT2D eigenvalue weighted by Crippen LogP contribution is 1.99. The summed E-state index contributed by atoms with van der Waals surface area (Å²) in [6, 6.07) is 19.0. The molecule has 2 rings (SSSR count). The number of azo groups is 1. The molecule has 0 N–H and O–H groups in total. The quantitative estimate of drug-likeness (QED) is 0.425. The van der Waals surface area contributed by atoms with E-state index in [4.69, 9.17) is 9.16 Å². The second-order valence-corrected chi connectivity index (χ2v) is 7.94. The normalized spacial score (nSPS) is 10.8. The maximum Gasteiger partial charge on any atom is 0.452 e. The second-order valence-electron chi connectivity index (χ2n) is 5.61. The number of unbranched alkanes of at least 4 members (excludes halogenated alkanes) is 2. The van der Waals surface area contributed by atoms with Gasteiger partial charge in [0.15, 0.2) is 0 Å². The molecule has 6 nitrogen and oxygen atoms in total. The highest BCUT2D eigenvalue weighted by molar-refractivity contribution is 6.81. The van der Waals surface area contributed by atoms with E-state index in [1.165, 1.54) is 0 Å². The van der Waals surface area contributed by atoms with Gasteiger partial charge in [0.2, 0.25) is 0 Å². The van der Waals surface area contributed by atoms with Crippen molar-refractivity contribution in [3.63, 3.8) is 0 Å². The molecule has 0 unspecified atom stereocenters. The van der Waals surface area contributed by atoms with Crippen LogP contribution in [0.25, 0.3) is 0 Å². The summed E-state index contributed by atoms with van der Waals surface area (Å²) >= 11 is 0. The second kappa shape index (κ2) is 10.9. The SMILES string of the molecule is CCCCCOC(=O)N=NC(=O)O[SiH](c1ccccc1)c1ccccc1. The minimum absolute atomic E-state index is 0.270. The standard InChI is InChI=1S/C19H22N2O4Si/c1-2-3-10-15-24-18(22)20-21-19(23)25-26(16-11-6-4-7-12-16)17-13-8-5-9-14-17/h4-9,11-14,26H,2-3,10,15H2,1H3. The summed E-state index contributed by atoms with van der Waals surface area (Å²) in [7, 11) is -2.26. The summed E-state index contributed by atoms with van der Waals surface area (Å²) in [5.74, 6) is 0. The van der Waals surface area contributed by atoms with Crippen molar-refractivity contribution in [2.45, 2.75) is 26.2 Å². The van der Waals surface area contributed by atoms with Gasteiger partial charge < -0.3 is 9.16 Å². The molecule has 0 spiro atoms. The molecule has 0 fully saturated rings. The van der Waals surface area contributed by atoms with Crippen LogP contribution in [0.2, 0.25) is 0 Å². The van der Waals surface area contributed by atoms with Gasteiger partial charge in [0, 0.05) is 0 Å². The first kappa shape index (κ1) is 19.5. The molecule has 0 saturated heterocycles. The maximum atomic E-state index is 12.0.